The van der Waals surface area contributed by atoms with Crippen LogP contribution in [0, 0.1) is 55.4 Å². The number of ether oxygens (including phenoxy) is 4. The van der Waals surface area contributed by atoms with Gasteiger partial charge in [0.1, 0.15) is 0 Å². The Morgan fingerprint density at radius 2 is 0.383 bits per heavy atom. The normalized spacial score (nSPS) is 13.7. The van der Waals surface area contributed by atoms with Gasteiger partial charge in [-0.1, -0.05) is 117 Å². The van der Waals surface area contributed by atoms with E-state index in [0.717, 1.165) is 97.4 Å². The third-order valence-electron chi connectivity index (χ3n) is 8.94. The molecular formula is C48H68Li4O8. The van der Waals surface area contributed by atoms with Gasteiger partial charge >= 0.3 is 75.4 Å². The summed E-state index contributed by atoms with van der Waals surface area (Å²) in [4.78, 5) is 0. The summed E-state index contributed by atoms with van der Waals surface area (Å²) in [7, 11) is 0. The summed E-state index contributed by atoms with van der Waals surface area (Å²) in [5, 5.41) is 43.9. The second kappa shape index (κ2) is 41.3. The van der Waals surface area contributed by atoms with Crippen LogP contribution in [0.4, 0.5) is 0 Å². The van der Waals surface area contributed by atoms with Crippen molar-refractivity contribution < 1.29 is 115 Å². The molecule has 4 fully saturated rings. The first-order chi connectivity index (χ1) is 26.9. The predicted octanol–water partition coefficient (Wildman–Crippen LogP) is -3.29. The van der Waals surface area contributed by atoms with Crippen molar-refractivity contribution >= 4 is 0 Å². The fourth-order valence-corrected chi connectivity index (χ4v) is 5.24. The Labute approximate surface area is 411 Å². The molecule has 12 heteroatoms. The van der Waals surface area contributed by atoms with Crippen molar-refractivity contribution in [3.05, 3.63) is 117 Å². The predicted molar refractivity (Wildman–Crippen MR) is 222 cm³/mol. The molecule has 0 spiro atoms. The molecule has 4 aliphatic heterocycles. The second-order valence-corrected chi connectivity index (χ2v) is 14.2. The smallest absolute Gasteiger partial charge is 0.872 e. The van der Waals surface area contributed by atoms with Crippen LogP contribution in [0.1, 0.15) is 95.9 Å². The van der Waals surface area contributed by atoms with E-state index < -0.39 is 0 Å². The molecule has 0 unspecified atom stereocenters. The molecule has 8 nitrogen and oxygen atoms in total. The maximum Gasteiger partial charge on any atom is 1.00 e. The molecule has 0 saturated carbocycles. The molecule has 0 aliphatic carbocycles. The summed E-state index contributed by atoms with van der Waals surface area (Å²) in [6.45, 7) is 22.6. The number of rotatable bonds is 0. The summed E-state index contributed by atoms with van der Waals surface area (Å²) in [5.41, 5.74) is 6.63. The molecule has 0 N–H and O–H groups in total. The number of hydrogen-bond acceptors (Lipinski definition) is 8. The van der Waals surface area contributed by atoms with E-state index in [-0.39, 0.29) is 98.4 Å². The van der Waals surface area contributed by atoms with Crippen molar-refractivity contribution in [3.8, 4) is 23.0 Å². The van der Waals surface area contributed by atoms with Gasteiger partial charge in [0, 0.05) is 52.9 Å². The van der Waals surface area contributed by atoms with E-state index >= 15 is 0 Å². The maximum atomic E-state index is 11.0. The van der Waals surface area contributed by atoms with E-state index in [0.29, 0.717) is 0 Å². The Balaban J connectivity index is -0.000000299. The molecule has 0 aromatic heterocycles. The molecule has 0 atom stereocenters. The van der Waals surface area contributed by atoms with Crippen molar-refractivity contribution in [2.45, 2.75) is 107 Å². The molecule has 60 heavy (non-hydrogen) atoms. The SMILES string of the molecule is C1CCOC1.C1CCOC1.C1CCOC1.C1CCOC1.Cc1cccc(C)c1[O-].Cc1cccc(C)c1[O-].Cc1cccc(C)c1[O-].Cc1cccc(C)c1[O-].[Li+].[Li+].[Li+].[Li+]. The fourth-order valence-electron chi connectivity index (χ4n) is 5.24. The Morgan fingerprint density at radius 1 is 0.267 bits per heavy atom. The molecule has 4 heterocycles. The van der Waals surface area contributed by atoms with Gasteiger partial charge in [0.25, 0.3) is 0 Å². The molecule has 4 aliphatic rings. The Kier molecular flexibility index (Phi) is 44.7. The van der Waals surface area contributed by atoms with Crippen LogP contribution in [0.2, 0.25) is 0 Å². The maximum absolute atomic E-state index is 11.0. The zero-order valence-electron chi connectivity index (χ0n) is 39.5. The van der Waals surface area contributed by atoms with Crippen LogP contribution in [0.5, 0.6) is 23.0 Å². The molecule has 0 bridgehead atoms. The second-order valence-electron chi connectivity index (χ2n) is 14.2. The van der Waals surface area contributed by atoms with Crippen LogP contribution in [0.25, 0.3) is 0 Å². The standard InChI is InChI=1S/4C8H10O.4C4H8O.4Li/c4*1-6-4-3-5-7(2)8(6)9;4*1-2-4-5-3-1;;;;/h4*3-5,9H,1-2H3;4*1-4H2;;;;/q;;;;;;;;4*+1/p-4. The van der Waals surface area contributed by atoms with Gasteiger partial charge in [0.15, 0.2) is 0 Å². The van der Waals surface area contributed by atoms with Gasteiger partial charge in [-0.05, 0) is 107 Å². The zero-order chi connectivity index (χ0) is 41.6. The number of benzene rings is 4. The van der Waals surface area contributed by atoms with E-state index in [2.05, 4.69) is 0 Å². The minimum absolute atomic E-state index is 0. The van der Waals surface area contributed by atoms with E-state index in [9.17, 15) is 20.4 Å². The van der Waals surface area contributed by atoms with Gasteiger partial charge in [-0.15, -0.1) is 23.0 Å². The summed E-state index contributed by atoms with van der Waals surface area (Å²) in [6, 6.07) is 22.2. The Morgan fingerprint density at radius 3 is 0.450 bits per heavy atom. The summed E-state index contributed by atoms with van der Waals surface area (Å²) >= 11 is 0. The Hall–Kier alpha value is -1.69. The van der Waals surface area contributed by atoms with Crippen LogP contribution in [0.3, 0.4) is 0 Å². The summed E-state index contributed by atoms with van der Waals surface area (Å²) in [5.74, 6) is 0.657. The van der Waals surface area contributed by atoms with Gasteiger partial charge in [0.05, 0.1) is 0 Å². The van der Waals surface area contributed by atoms with Crippen molar-refractivity contribution in [1.82, 2.24) is 0 Å². The van der Waals surface area contributed by atoms with Gasteiger partial charge in [-0.25, -0.2) is 0 Å². The third kappa shape index (κ3) is 31.2. The van der Waals surface area contributed by atoms with Crippen LogP contribution in [-0.4, -0.2) is 52.9 Å². The Bertz CT molecular complexity index is 1260. The largest absolute Gasteiger partial charge is 1.00 e. The number of aryl methyl sites for hydroxylation is 8. The van der Waals surface area contributed by atoms with Gasteiger partial charge in [-0.3, -0.25) is 0 Å². The molecule has 312 valence electrons. The molecule has 4 aromatic carbocycles. The average Bonchev–Trinajstić information content (AvgIpc) is 4.04. The minimum Gasteiger partial charge on any atom is -0.872 e. The van der Waals surface area contributed by atoms with Gasteiger partial charge in [0.2, 0.25) is 0 Å². The van der Waals surface area contributed by atoms with Crippen LogP contribution in [0.15, 0.2) is 72.8 Å². The molecule has 8 rings (SSSR count). The first-order valence-corrected chi connectivity index (χ1v) is 20.1. The molecule has 0 radical (unpaired) electrons. The summed E-state index contributed by atoms with van der Waals surface area (Å²) < 4.78 is 19.8. The molecule has 4 aromatic rings. The van der Waals surface area contributed by atoms with E-state index in [1.165, 1.54) is 51.4 Å². The van der Waals surface area contributed by atoms with Crippen molar-refractivity contribution in [1.29, 1.82) is 0 Å². The van der Waals surface area contributed by atoms with Crippen LogP contribution in [-0.2, 0) is 18.9 Å². The minimum atomic E-state index is 0. The zero-order valence-corrected chi connectivity index (χ0v) is 39.5. The first-order valence-electron chi connectivity index (χ1n) is 20.1. The van der Waals surface area contributed by atoms with E-state index in [1.807, 2.05) is 128 Å². The van der Waals surface area contributed by atoms with Crippen molar-refractivity contribution in [2.75, 3.05) is 52.9 Å². The monoisotopic (exact) mass is 801 g/mol. The topological polar surface area (TPSA) is 129 Å². The van der Waals surface area contributed by atoms with Gasteiger partial charge in [-0.2, -0.15) is 0 Å². The molecule has 4 saturated heterocycles. The van der Waals surface area contributed by atoms with Crippen molar-refractivity contribution in [3.63, 3.8) is 0 Å². The third-order valence-corrected chi connectivity index (χ3v) is 8.94. The molecular weight excluding hydrogens is 732 g/mol. The van der Waals surface area contributed by atoms with E-state index in [1.54, 1.807) is 0 Å². The van der Waals surface area contributed by atoms with Gasteiger partial charge < -0.3 is 39.4 Å². The first kappa shape index (κ1) is 64.9. The van der Waals surface area contributed by atoms with Crippen molar-refractivity contribution in [2.24, 2.45) is 0 Å². The summed E-state index contributed by atoms with van der Waals surface area (Å²) in [6.07, 6.45) is 10.2. The van der Waals surface area contributed by atoms with Crippen LogP contribution >= 0.6 is 0 Å². The number of para-hydroxylation sites is 4. The van der Waals surface area contributed by atoms with E-state index in [4.69, 9.17) is 18.9 Å². The quantitative estimate of drug-likeness (QED) is 0.170. The van der Waals surface area contributed by atoms with Crippen LogP contribution < -0.4 is 95.9 Å². The molecule has 0 amide bonds. The number of hydrogen-bond donors (Lipinski definition) is 0. The fraction of sp³-hybridized carbons (Fsp3) is 0.500. The average molecular weight is 801 g/mol.